The first-order chi connectivity index (χ1) is 20.7. The van der Waals surface area contributed by atoms with Gasteiger partial charge in [-0.25, -0.2) is 17.2 Å². The quantitative estimate of drug-likeness (QED) is 0.342. The van der Waals surface area contributed by atoms with Crippen LogP contribution in [0.2, 0.25) is 0 Å². The van der Waals surface area contributed by atoms with Crippen LogP contribution >= 0.6 is 0 Å². The number of hydrogen-bond acceptors (Lipinski definition) is 6. The van der Waals surface area contributed by atoms with Gasteiger partial charge in [-0.2, -0.15) is 13.2 Å². The molecule has 2 bridgehead atoms. The summed E-state index contributed by atoms with van der Waals surface area (Å²) in [7, 11) is -5.65. The van der Waals surface area contributed by atoms with Gasteiger partial charge >= 0.3 is 11.5 Å². The number of aliphatic carboxylic acids is 1. The molecule has 3 N–H and O–H groups in total. The second kappa shape index (κ2) is 12.0. The molecular weight excluding hydrogens is 615 g/mol. The van der Waals surface area contributed by atoms with Gasteiger partial charge in [0.05, 0.1) is 28.4 Å². The van der Waals surface area contributed by atoms with E-state index in [4.69, 9.17) is 9.84 Å². The standard InChI is InChI=1S/C29H29F5N2O7S/c30-21-13-22(31)23(43-18-8-6-14(7-9-18)28(39)40)12-20(21)26(37)36-25-16-5-4-15(10-16)24(25)27(38)35-17-2-1-3-19(11-17)44(41,42)29(32,33)34/h1-3,11-16,18,24-25H,4-10H2,(H,35,38)(H,36,37)(H,39,40)/t14-,15-,16+,18+,24+,25-/m1/s1. The third kappa shape index (κ3) is 6.24. The Labute approximate surface area is 249 Å². The minimum Gasteiger partial charge on any atom is -0.487 e. The van der Waals surface area contributed by atoms with E-state index in [1.54, 1.807) is 0 Å². The number of hydrogen-bond donors (Lipinski definition) is 3. The zero-order chi connectivity index (χ0) is 32.0. The number of rotatable bonds is 8. The summed E-state index contributed by atoms with van der Waals surface area (Å²) < 4.78 is 97.7. The van der Waals surface area contributed by atoms with Gasteiger partial charge in [0.2, 0.25) is 5.91 Å². The van der Waals surface area contributed by atoms with Crippen LogP contribution in [0.5, 0.6) is 5.75 Å². The zero-order valence-corrected chi connectivity index (χ0v) is 23.9. The van der Waals surface area contributed by atoms with Crippen molar-refractivity contribution in [1.82, 2.24) is 5.32 Å². The number of halogens is 5. The average molecular weight is 645 g/mol. The minimum absolute atomic E-state index is 0.153. The number of carboxylic acids is 1. The summed E-state index contributed by atoms with van der Waals surface area (Å²) in [6, 6.07) is 4.42. The molecule has 3 aliphatic rings. The molecule has 2 amide bonds. The number of sulfone groups is 1. The largest absolute Gasteiger partial charge is 0.501 e. The van der Waals surface area contributed by atoms with Crippen LogP contribution in [-0.4, -0.2) is 49.0 Å². The summed E-state index contributed by atoms with van der Waals surface area (Å²) in [5.41, 5.74) is -6.24. The molecule has 3 fully saturated rings. The molecule has 44 heavy (non-hydrogen) atoms. The van der Waals surface area contributed by atoms with Crippen molar-refractivity contribution in [2.24, 2.45) is 23.7 Å². The van der Waals surface area contributed by atoms with Gasteiger partial charge in [0.15, 0.2) is 11.6 Å². The Bertz CT molecular complexity index is 1570. The maximum Gasteiger partial charge on any atom is 0.501 e. The molecule has 15 heteroatoms. The van der Waals surface area contributed by atoms with Crippen molar-refractivity contribution < 1.29 is 54.6 Å². The number of alkyl halides is 3. The third-order valence-electron chi connectivity index (χ3n) is 8.82. The van der Waals surface area contributed by atoms with Crippen molar-refractivity contribution in [3.8, 4) is 5.75 Å². The smallest absolute Gasteiger partial charge is 0.487 e. The molecular formula is C29H29F5N2O7S. The van der Waals surface area contributed by atoms with Crippen LogP contribution in [0.4, 0.5) is 27.6 Å². The first-order valence-electron chi connectivity index (χ1n) is 14.1. The minimum atomic E-state index is -5.65. The van der Waals surface area contributed by atoms with E-state index in [0.29, 0.717) is 57.1 Å². The third-order valence-corrected chi connectivity index (χ3v) is 10.3. The molecule has 0 aromatic heterocycles. The summed E-state index contributed by atoms with van der Waals surface area (Å²) in [4.78, 5) is 36.7. The van der Waals surface area contributed by atoms with E-state index in [1.165, 1.54) is 6.07 Å². The first kappa shape index (κ1) is 31.7. The number of carbonyl (C=O) groups excluding carboxylic acids is 2. The van der Waals surface area contributed by atoms with Crippen LogP contribution in [0.15, 0.2) is 41.3 Å². The van der Waals surface area contributed by atoms with Crippen LogP contribution < -0.4 is 15.4 Å². The SMILES string of the molecule is O=C(N[C@@H]1[C@H]2CC[C@H](C2)[C@@H]1C(=O)Nc1cccc(S(=O)(=O)C(F)(F)F)c1)c1cc(O[C@H]2CC[C@@H](C(=O)O)CC2)c(F)cc1F. The fourth-order valence-corrected chi connectivity index (χ4v) is 7.41. The van der Waals surface area contributed by atoms with Crippen LogP contribution in [0.1, 0.15) is 55.3 Å². The summed E-state index contributed by atoms with van der Waals surface area (Å²) >= 11 is 0. The number of amides is 2. The molecule has 4 atom stereocenters. The van der Waals surface area contributed by atoms with E-state index >= 15 is 0 Å². The normalized spacial score (nSPS) is 26.7. The molecule has 0 unspecified atom stereocenters. The lowest BCUT2D eigenvalue weighted by molar-refractivity contribution is -0.143. The molecule has 3 aliphatic carbocycles. The number of nitrogens with one attached hydrogen (secondary N) is 2. The van der Waals surface area contributed by atoms with Crippen LogP contribution in [-0.2, 0) is 19.4 Å². The molecule has 0 aliphatic heterocycles. The lowest BCUT2D eigenvalue weighted by Crippen LogP contribution is -2.48. The van der Waals surface area contributed by atoms with Gasteiger partial charge in [-0.15, -0.1) is 0 Å². The van der Waals surface area contributed by atoms with Gasteiger partial charge in [-0.3, -0.25) is 14.4 Å². The van der Waals surface area contributed by atoms with Gasteiger partial charge < -0.3 is 20.5 Å². The Morgan fingerprint density at radius 2 is 1.59 bits per heavy atom. The Morgan fingerprint density at radius 3 is 2.25 bits per heavy atom. The molecule has 0 radical (unpaired) electrons. The molecule has 238 valence electrons. The molecule has 2 aromatic carbocycles. The van der Waals surface area contributed by atoms with Crippen LogP contribution in [0.3, 0.4) is 0 Å². The molecule has 9 nitrogen and oxygen atoms in total. The lowest BCUT2D eigenvalue weighted by Gasteiger charge is -2.31. The number of carbonyl (C=O) groups is 3. The van der Waals surface area contributed by atoms with Gasteiger partial charge in [-0.1, -0.05) is 6.07 Å². The van der Waals surface area contributed by atoms with Crippen molar-refractivity contribution >= 4 is 33.3 Å². The lowest BCUT2D eigenvalue weighted by atomic mass is 9.83. The van der Waals surface area contributed by atoms with Gasteiger partial charge in [0, 0.05) is 17.8 Å². The number of anilines is 1. The van der Waals surface area contributed by atoms with E-state index < -0.39 is 79.2 Å². The zero-order valence-electron chi connectivity index (χ0n) is 23.1. The van der Waals surface area contributed by atoms with Gasteiger partial charge in [-0.05, 0) is 81.0 Å². The number of ether oxygens (including phenoxy) is 1. The molecule has 0 spiro atoms. The van der Waals surface area contributed by atoms with Crippen molar-refractivity contribution in [2.45, 2.75) is 67.5 Å². The second-order valence-electron chi connectivity index (χ2n) is 11.5. The molecule has 2 aromatic rings. The Balaban J connectivity index is 1.30. The first-order valence-corrected chi connectivity index (χ1v) is 15.6. The van der Waals surface area contributed by atoms with Crippen LogP contribution in [0.25, 0.3) is 0 Å². The van der Waals surface area contributed by atoms with E-state index in [2.05, 4.69) is 10.6 Å². The molecule has 0 heterocycles. The maximum absolute atomic E-state index is 14.8. The van der Waals surface area contributed by atoms with E-state index in [9.17, 15) is 44.8 Å². The second-order valence-corrected chi connectivity index (χ2v) is 13.5. The highest BCUT2D eigenvalue weighted by atomic mass is 32.2. The van der Waals surface area contributed by atoms with Gasteiger partial charge in [0.1, 0.15) is 5.82 Å². The predicted molar refractivity (Wildman–Crippen MR) is 144 cm³/mol. The molecule has 3 saturated carbocycles. The number of carboxylic acid groups (broad SMARTS) is 1. The number of benzene rings is 2. The highest BCUT2D eigenvalue weighted by Gasteiger charge is 2.52. The maximum atomic E-state index is 14.8. The van der Waals surface area contributed by atoms with E-state index in [-0.39, 0.29) is 23.3 Å². The molecule has 5 rings (SSSR count). The van der Waals surface area contributed by atoms with Crippen molar-refractivity contribution in [3.05, 3.63) is 53.6 Å². The van der Waals surface area contributed by atoms with Crippen molar-refractivity contribution in [2.75, 3.05) is 5.32 Å². The highest BCUT2D eigenvalue weighted by Crippen LogP contribution is 2.49. The fraction of sp³-hybridized carbons (Fsp3) is 0.483. The summed E-state index contributed by atoms with van der Waals surface area (Å²) in [6.07, 6.45) is 2.67. The molecule has 0 saturated heterocycles. The van der Waals surface area contributed by atoms with Crippen LogP contribution in [0, 0.1) is 35.3 Å². The summed E-state index contributed by atoms with van der Waals surface area (Å²) in [5.74, 6) is -6.77. The topological polar surface area (TPSA) is 139 Å². The predicted octanol–water partition coefficient (Wildman–Crippen LogP) is 5.06. The van der Waals surface area contributed by atoms with E-state index in [1.807, 2.05) is 0 Å². The van der Waals surface area contributed by atoms with E-state index in [0.717, 1.165) is 18.2 Å². The summed E-state index contributed by atoms with van der Waals surface area (Å²) in [6.45, 7) is 0. The van der Waals surface area contributed by atoms with Gasteiger partial charge in [0.25, 0.3) is 15.7 Å². The average Bonchev–Trinajstić information content (AvgIpc) is 3.56. The Kier molecular flexibility index (Phi) is 8.62. The monoisotopic (exact) mass is 644 g/mol. The Morgan fingerprint density at radius 1 is 0.909 bits per heavy atom. The highest BCUT2D eigenvalue weighted by molar-refractivity contribution is 7.92. The summed E-state index contributed by atoms with van der Waals surface area (Å²) in [5, 5.41) is 14.3. The van der Waals surface area contributed by atoms with Crippen molar-refractivity contribution in [3.63, 3.8) is 0 Å². The van der Waals surface area contributed by atoms with Crippen molar-refractivity contribution in [1.29, 1.82) is 0 Å². The fourth-order valence-electron chi connectivity index (χ4n) is 6.61. The Hall–Kier alpha value is -3.75. The number of fused-ring (bicyclic) bond motifs is 2.